The SMILES string of the molecule is CC(I)C(C)C(=O)OCC(C)(OCOC(F)(F)C(F)(F)F)C(C)(C)O. The summed E-state index contributed by atoms with van der Waals surface area (Å²) in [6.45, 7) is 5.00. The van der Waals surface area contributed by atoms with Crippen LogP contribution in [-0.2, 0) is 19.0 Å². The first-order valence-electron chi connectivity index (χ1n) is 7.20. The molecule has 0 saturated heterocycles. The zero-order valence-corrected chi connectivity index (χ0v) is 16.6. The Morgan fingerprint density at radius 1 is 1.08 bits per heavy atom. The van der Waals surface area contributed by atoms with Crippen LogP contribution in [0.4, 0.5) is 22.0 Å². The minimum absolute atomic E-state index is 0.0618. The molecule has 0 amide bonds. The van der Waals surface area contributed by atoms with Crippen molar-refractivity contribution in [2.45, 2.75) is 62.0 Å². The Labute approximate surface area is 156 Å². The summed E-state index contributed by atoms with van der Waals surface area (Å²) in [5, 5.41) is 10.1. The van der Waals surface area contributed by atoms with E-state index in [9.17, 15) is 31.9 Å². The molecule has 0 aromatic heterocycles. The number of hydrogen-bond acceptors (Lipinski definition) is 5. The van der Waals surface area contributed by atoms with Crippen LogP contribution in [0.1, 0.15) is 34.6 Å². The van der Waals surface area contributed by atoms with E-state index in [1.165, 1.54) is 20.8 Å². The van der Waals surface area contributed by atoms with Gasteiger partial charge in [-0.25, -0.2) is 0 Å². The maximum absolute atomic E-state index is 12.7. The van der Waals surface area contributed by atoms with Crippen molar-refractivity contribution < 1.29 is 46.1 Å². The summed E-state index contributed by atoms with van der Waals surface area (Å²) in [5.74, 6) is -1.11. The van der Waals surface area contributed by atoms with Crippen molar-refractivity contribution in [2.24, 2.45) is 5.92 Å². The number of halogens is 6. The third-order valence-electron chi connectivity index (χ3n) is 3.79. The topological polar surface area (TPSA) is 65.0 Å². The number of esters is 1. The first kappa shape index (κ1) is 24.7. The van der Waals surface area contributed by atoms with Crippen LogP contribution in [0.5, 0.6) is 0 Å². The quantitative estimate of drug-likeness (QED) is 0.175. The van der Waals surface area contributed by atoms with Crippen LogP contribution in [0.3, 0.4) is 0 Å². The average molecular weight is 492 g/mol. The predicted octanol–water partition coefficient (Wildman–Crippen LogP) is 3.66. The molecule has 0 fully saturated rings. The van der Waals surface area contributed by atoms with E-state index in [0.717, 1.165) is 0 Å². The smallest absolute Gasteiger partial charge is 0.462 e. The molecule has 0 bridgehead atoms. The van der Waals surface area contributed by atoms with Crippen LogP contribution in [0, 0.1) is 5.92 Å². The molecular weight excluding hydrogens is 470 g/mol. The average Bonchev–Trinajstić information content (AvgIpc) is 2.41. The molecule has 0 aliphatic heterocycles. The van der Waals surface area contributed by atoms with E-state index >= 15 is 0 Å². The normalized spacial score (nSPS) is 18.4. The van der Waals surface area contributed by atoms with Crippen molar-refractivity contribution in [1.82, 2.24) is 0 Å². The molecule has 0 spiro atoms. The monoisotopic (exact) mass is 492 g/mol. The zero-order chi connectivity index (χ0) is 20.3. The lowest BCUT2D eigenvalue weighted by Gasteiger charge is -2.39. The van der Waals surface area contributed by atoms with Gasteiger partial charge in [-0.05, 0) is 20.8 Å². The highest BCUT2D eigenvalue weighted by molar-refractivity contribution is 14.1. The second-order valence-electron chi connectivity index (χ2n) is 6.28. The van der Waals surface area contributed by atoms with Gasteiger partial charge in [0.1, 0.15) is 12.2 Å². The number of aliphatic hydroxyl groups is 1. The van der Waals surface area contributed by atoms with E-state index in [4.69, 9.17) is 9.47 Å². The second-order valence-corrected chi connectivity index (χ2v) is 8.25. The molecule has 0 aliphatic rings. The minimum atomic E-state index is -5.90. The Kier molecular flexibility index (Phi) is 8.52. The van der Waals surface area contributed by atoms with Gasteiger partial charge in [-0.2, -0.15) is 22.0 Å². The molecule has 11 heteroatoms. The highest BCUT2D eigenvalue weighted by atomic mass is 127. The lowest BCUT2D eigenvalue weighted by molar-refractivity contribution is -0.413. The number of carbonyl (C=O) groups excluding carboxylic acids is 1. The van der Waals surface area contributed by atoms with Crippen LogP contribution < -0.4 is 0 Å². The van der Waals surface area contributed by atoms with Crippen molar-refractivity contribution >= 4 is 28.6 Å². The Balaban J connectivity index is 4.93. The summed E-state index contributed by atoms with van der Waals surface area (Å²) in [7, 11) is 0. The molecule has 5 nitrogen and oxygen atoms in total. The molecule has 3 unspecified atom stereocenters. The summed E-state index contributed by atoms with van der Waals surface area (Å²) in [6, 6.07) is 0. The van der Waals surface area contributed by atoms with E-state index < -0.39 is 48.8 Å². The Hall–Kier alpha value is -0.270. The van der Waals surface area contributed by atoms with Crippen molar-refractivity contribution in [1.29, 1.82) is 0 Å². The fourth-order valence-electron chi connectivity index (χ4n) is 1.24. The van der Waals surface area contributed by atoms with Crippen molar-refractivity contribution in [3.05, 3.63) is 0 Å². The molecule has 0 rings (SSSR count). The first-order valence-corrected chi connectivity index (χ1v) is 8.45. The molecule has 25 heavy (non-hydrogen) atoms. The summed E-state index contributed by atoms with van der Waals surface area (Å²) in [6.07, 6.45) is -11.3. The van der Waals surface area contributed by atoms with Gasteiger partial charge >= 0.3 is 18.3 Å². The summed E-state index contributed by atoms with van der Waals surface area (Å²) >= 11 is 2.01. The van der Waals surface area contributed by atoms with Crippen LogP contribution in [0.2, 0.25) is 0 Å². The van der Waals surface area contributed by atoms with Crippen molar-refractivity contribution in [3.8, 4) is 0 Å². The number of hydrogen-bond donors (Lipinski definition) is 1. The van der Waals surface area contributed by atoms with E-state index in [1.807, 2.05) is 22.6 Å². The van der Waals surface area contributed by atoms with Gasteiger partial charge in [0.05, 0.1) is 11.5 Å². The van der Waals surface area contributed by atoms with Crippen molar-refractivity contribution in [3.63, 3.8) is 0 Å². The van der Waals surface area contributed by atoms with Gasteiger partial charge in [0.2, 0.25) is 0 Å². The highest BCUT2D eigenvalue weighted by Gasteiger charge is 2.60. The Bertz CT molecular complexity index is 450. The second kappa shape index (κ2) is 8.61. The number of ether oxygens (including phenoxy) is 3. The van der Waals surface area contributed by atoms with Gasteiger partial charge in [0.15, 0.2) is 6.79 Å². The van der Waals surface area contributed by atoms with Crippen LogP contribution >= 0.6 is 22.6 Å². The van der Waals surface area contributed by atoms with E-state index in [2.05, 4.69) is 4.74 Å². The van der Waals surface area contributed by atoms with Gasteiger partial charge in [-0.15, -0.1) is 0 Å². The molecule has 0 heterocycles. The van der Waals surface area contributed by atoms with Gasteiger partial charge in [0, 0.05) is 3.92 Å². The lowest BCUT2D eigenvalue weighted by Crippen LogP contribution is -2.54. The number of rotatable bonds is 9. The standard InChI is InChI=1S/C14H22F5IO5/c1-8(9(2)20)10(21)23-6-12(5,11(3,4)22)24-7-25-14(18,19)13(15,16)17/h8-9,22H,6-7H2,1-5H3. The number of alkyl halides is 6. The van der Waals surface area contributed by atoms with Gasteiger partial charge in [-0.1, -0.05) is 36.4 Å². The maximum atomic E-state index is 12.7. The van der Waals surface area contributed by atoms with E-state index in [1.54, 1.807) is 13.8 Å². The highest BCUT2D eigenvalue weighted by Crippen LogP contribution is 2.37. The summed E-state index contributed by atoms with van der Waals surface area (Å²) in [4.78, 5) is 11.9. The predicted molar refractivity (Wildman–Crippen MR) is 86.3 cm³/mol. The lowest BCUT2D eigenvalue weighted by atomic mass is 9.88. The van der Waals surface area contributed by atoms with Crippen LogP contribution in [0.25, 0.3) is 0 Å². The first-order chi connectivity index (χ1) is 10.9. The minimum Gasteiger partial charge on any atom is -0.462 e. The largest absolute Gasteiger partial charge is 0.483 e. The number of carbonyl (C=O) groups is 1. The van der Waals surface area contributed by atoms with Crippen LogP contribution in [-0.4, -0.2) is 51.9 Å². The fraction of sp³-hybridized carbons (Fsp3) is 0.929. The summed E-state index contributed by atoms with van der Waals surface area (Å²) < 4.78 is 74.9. The van der Waals surface area contributed by atoms with Gasteiger partial charge in [-0.3, -0.25) is 9.53 Å². The molecule has 0 aromatic carbocycles. The van der Waals surface area contributed by atoms with E-state index in [-0.39, 0.29) is 3.92 Å². The molecule has 3 atom stereocenters. The molecule has 0 saturated carbocycles. The molecule has 150 valence electrons. The molecule has 1 N–H and O–H groups in total. The van der Waals surface area contributed by atoms with Gasteiger partial charge < -0.3 is 14.6 Å². The maximum Gasteiger partial charge on any atom is 0.483 e. The molecule has 0 aromatic rings. The molecule has 0 aliphatic carbocycles. The van der Waals surface area contributed by atoms with Crippen molar-refractivity contribution in [2.75, 3.05) is 13.4 Å². The van der Waals surface area contributed by atoms with Crippen LogP contribution in [0.15, 0.2) is 0 Å². The van der Waals surface area contributed by atoms with E-state index in [0.29, 0.717) is 0 Å². The Morgan fingerprint density at radius 2 is 1.56 bits per heavy atom. The Morgan fingerprint density at radius 3 is 1.92 bits per heavy atom. The third-order valence-corrected chi connectivity index (χ3v) is 4.87. The fourth-order valence-corrected chi connectivity index (χ4v) is 1.53. The molecular formula is C14H22F5IO5. The van der Waals surface area contributed by atoms with Gasteiger partial charge in [0.25, 0.3) is 0 Å². The third kappa shape index (κ3) is 7.10. The molecule has 0 radical (unpaired) electrons. The zero-order valence-electron chi connectivity index (χ0n) is 14.4. The summed E-state index contributed by atoms with van der Waals surface area (Å²) in [5.41, 5.74) is -3.51.